The van der Waals surface area contributed by atoms with E-state index in [0.29, 0.717) is 28.7 Å². The molecule has 0 unspecified atom stereocenters. The second-order valence-corrected chi connectivity index (χ2v) is 8.99. The first-order valence-electron chi connectivity index (χ1n) is 11.6. The predicted octanol–water partition coefficient (Wildman–Crippen LogP) is 5.88. The van der Waals surface area contributed by atoms with Gasteiger partial charge < -0.3 is 15.2 Å². The molecule has 3 aromatic carbocycles. The Morgan fingerprint density at radius 3 is 1.86 bits per heavy atom. The number of benzene rings is 3. The van der Waals surface area contributed by atoms with Crippen LogP contribution < -0.4 is 10.1 Å². The first-order chi connectivity index (χ1) is 17.5. The molecule has 0 saturated heterocycles. The maximum Gasteiger partial charge on any atom is 0.373 e. The van der Waals surface area contributed by atoms with Gasteiger partial charge in [0.1, 0.15) is 11.5 Å². The Labute approximate surface area is 215 Å². The second-order valence-electron chi connectivity index (χ2n) is 8.99. The molecule has 37 heavy (non-hydrogen) atoms. The van der Waals surface area contributed by atoms with Crippen LogP contribution in [0.1, 0.15) is 64.3 Å². The Bertz CT molecular complexity index is 1270. The highest BCUT2D eigenvalue weighted by Crippen LogP contribution is 2.25. The molecule has 0 saturated carbocycles. The third-order valence-electron chi connectivity index (χ3n) is 5.22. The lowest BCUT2D eigenvalue weighted by Crippen LogP contribution is -2.18. The van der Waals surface area contributed by atoms with Gasteiger partial charge in [-0.2, -0.15) is 9.59 Å². The molecule has 0 atom stereocenters. The van der Waals surface area contributed by atoms with Crippen molar-refractivity contribution < 1.29 is 33.8 Å². The minimum Gasteiger partial charge on any atom is -0.478 e. The highest BCUT2D eigenvalue weighted by atomic mass is 16.5. The number of carboxylic acids is 1. The van der Waals surface area contributed by atoms with Crippen molar-refractivity contribution in [3.63, 3.8) is 0 Å². The van der Waals surface area contributed by atoms with Gasteiger partial charge in [0, 0.05) is 17.2 Å². The van der Waals surface area contributed by atoms with Gasteiger partial charge in [0.05, 0.1) is 11.1 Å². The summed E-state index contributed by atoms with van der Waals surface area (Å²) in [4.78, 5) is 53.0. The Morgan fingerprint density at radius 1 is 0.838 bits per heavy atom. The Kier molecular flexibility index (Phi) is 10.5. The quantitative estimate of drug-likeness (QED) is 0.349. The lowest BCUT2D eigenvalue weighted by molar-refractivity contribution is -0.191. The third-order valence-corrected chi connectivity index (χ3v) is 5.22. The van der Waals surface area contributed by atoms with Gasteiger partial charge in [-0.25, -0.2) is 4.79 Å². The largest absolute Gasteiger partial charge is 0.478 e. The minimum atomic E-state index is -1.24. The minimum absolute atomic E-state index is 0.0687. The summed E-state index contributed by atoms with van der Waals surface area (Å²) < 4.78 is 5.87. The van der Waals surface area contributed by atoms with Gasteiger partial charge in [0.2, 0.25) is 0 Å². The first-order valence-corrected chi connectivity index (χ1v) is 11.6. The van der Waals surface area contributed by atoms with Gasteiger partial charge in [0.25, 0.3) is 5.91 Å². The van der Waals surface area contributed by atoms with E-state index in [4.69, 9.17) is 14.3 Å². The molecule has 0 aliphatic heterocycles. The molecule has 2 N–H and O–H groups in total. The first kappa shape index (κ1) is 28.7. The summed E-state index contributed by atoms with van der Waals surface area (Å²) in [7, 11) is 0. The average molecular weight is 504 g/mol. The molecule has 0 aliphatic carbocycles. The van der Waals surface area contributed by atoms with Gasteiger partial charge in [-0.1, -0.05) is 45.9 Å². The fraction of sp³-hybridized carbons (Fsp3) is 0.241. The molecule has 0 fully saturated rings. The third kappa shape index (κ3) is 8.56. The molecule has 0 aromatic heterocycles. The molecule has 0 heterocycles. The van der Waals surface area contributed by atoms with E-state index in [0.717, 1.165) is 6.42 Å². The lowest BCUT2D eigenvalue weighted by Gasteiger charge is -2.12. The van der Waals surface area contributed by atoms with Crippen LogP contribution in [0.2, 0.25) is 0 Å². The van der Waals surface area contributed by atoms with Crippen molar-refractivity contribution in [2.24, 2.45) is 11.8 Å². The molecule has 8 heteroatoms. The van der Waals surface area contributed by atoms with Crippen LogP contribution in [0, 0.1) is 11.8 Å². The maximum absolute atomic E-state index is 12.9. The summed E-state index contributed by atoms with van der Waals surface area (Å²) in [6.45, 7) is 7.85. The van der Waals surface area contributed by atoms with Crippen LogP contribution in [0.3, 0.4) is 0 Å². The number of carboxylic acid groups (broad SMARTS) is 1. The van der Waals surface area contributed by atoms with Crippen molar-refractivity contribution in [3.05, 3.63) is 89.0 Å². The Morgan fingerprint density at radius 2 is 1.38 bits per heavy atom. The Balaban J connectivity index is 0.00000153. The molecule has 0 radical (unpaired) electrons. The zero-order chi connectivity index (χ0) is 27.5. The molecular weight excluding hydrogens is 474 g/mol. The van der Waals surface area contributed by atoms with Crippen molar-refractivity contribution in [3.8, 4) is 11.5 Å². The van der Waals surface area contributed by atoms with Gasteiger partial charge in [-0.3, -0.25) is 9.59 Å². The van der Waals surface area contributed by atoms with Gasteiger partial charge >= 0.3 is 12.1 Å². The summed E-state index contributed by atoms with van der Waals surface area (Å²) >= 11 is 0. The number of Topliss-reactive ketones (excluding diaryl/α,β-unsaturated/α-hetero) is 1. The van der Waals surface area contributed by atoms with Crippen LogP contribution in [0.5, 0.6) is 11.5 Å². The van der Waals surface area contributed by atoms with Crippen molar-refractivity contribution in [2.45, 2.75) is 34.1 Å². The van der Waals surface area contributed by atoms with E-state index in [1.807, 2.05) is 24.3 Å². The number of rotatable bonds is 9. The fourth-order valence-electron chi connectivity index (χ4n) is 3.51. The van der Waals surface area contributed by atoms with E-state index in [-0.39, 0.29) is 29.0 Å². The predicted molar refractivity (Wildman–Crippen MR) is 137 cm³/mol. The highest BCUT2D eigenvalue weighted by Gasteiger charge is 2.20. The summed E-state index contributed by atoms with van der Waals surface area (Å²) in [6.07, 6.45) is 1.26. The Hall–Kier alpha value is -4.55. The molecule has 1 amide bonds. The number of hydrogen-bond acceptors (Lipinski definition) is 6. The zero-order valence-electron chi connectivity index (χ0n) is 21.1. The zero-order valence-corrected chi connectivity index (χ0v) is 21.1. The van der Waals surface area contributed by atoms with E-state index in [9.17, 15) is 19.5 Å². The van der Waals surface area contributed by atoms with E-state index in [1.165, 1.54) is 23.8 Å². The summed E-state index contributed by atoms with van der Waals surface area (Å²) in [5.41, 5.74) is 1.79. The van der Waals surface area contributed by atoms with Crippen molar-refractivity contribution in [1.82, 2.24) is 0 Å². The van der Waals surface area contributed by atoms with Crippen molar-refractivity contribution in [1.29, 1.82) is 0 Å². The smallest absolute Gasteiger partial charge is 0.373 e. The number of carbonyl (C=O) groups is 3. The average Bonchev–Trinajstić information content (AvgIpc) is 2.85. The number of aromatic carboxylic acids is 1. The standard InChI is InChI=1S/C28H29NO5.CO2/c1-17(2)15-19-5-10-22(11-6-19)34-23-12-8-21(9-13-23)29-27(31)25-16-20(26(30)18(3)4)7-14-24(25)28(32)33;2-1-3/h5-14,16-18H,15H2,1-4H3,(H,29,31)(H,32,33);. The van der Waals surface area contributed by atoms with Gasteiger partial charge in [-0.05, 0) is 66.4 Å². The summed E-state index contributed by atoms with van der Waals surface area (Å²) in [5, 5.41) is 12.2. The molecule has 8 nitrogen and oxygen atoms in total. The van der Waals surface area contributed by atoms with Crippen LogP contribution in [0.15, 0.2) is 66.7 Å². The van der Waals surface area contributed by atoms with Crippen LogP contribution in [-0.2, 0) is 16.0 Å². The molecule has 3 aromatic rings. The number of nitrogens with one attached hydrogen (secondary N) is 1. The lowest BCUT2D eigenvalue weighted by atomic mass is 9.96. The van der Waals surface area contributed by atoms with E-state index < -0.39 is 11.9 Å². The van der Waals surface area contributed by atoms with E-state index in [1.54, 1.807) is 38.1 Å². The van der Waals surface area contributed by atoms with E-state index >= 15 is 0 Å². The molecule has 0 spiro atoms. The SMILES string of the molecule is CC(C)Cc1ccc(Oc2ccc(NC(=O)c3cc(C(=O)C(C)C)ccc3C(=O)O)cc2)cc1.O=C=O. The molecule has 192 valence electrons. The van der Waals surface area contributed by atoms with Crippen LogP contribution >= 0.6 is 0 Å². The van der Waals surface area contributed by atoms with E-state index in [2.05, 4.69) is 19.2 Å². The van der Waals surface area contributed by atoms with Crippen LogP contribution in [0.25, 0.3) is 0 Å². The molecule has 0 bridgehead atoms. The number of anilines is 1. The number of ketones is 1. The van der Waals surface area contributed by atoms with Crippen LogP contribution in [-0.4, -0.2) is 28.9 Å². The normalized spacial score (nSPS) is 10.2. The topological polar surface area (TPSA) is 127 Å². The highest BCUT2D eigenvalue weighted by molar-refractivity contribution is 6.12. The monoisotopic (exact) mass is 503 g/mol. The van der Waals surface area contributed by atoms with Crippen molar-refractivity contribution >= 4 is 29.5 Å². The van der Waals surface area contributed by atoms with Gasteiger partial charge in [-0.15, -0.1) is 0 Å². The molecular formula is C29H29NO7. The second kappa shape index (κ2) is 13.5. The fourth-order valence-corrected chi connectivity index (χ4v) is 3.51. The molecule has 0 aliphatic rings. The number of carbonyl (C=O) groups excluding carboxylic acids is 4. The number of ether oxygens (including phenoxy) is 1. The number of amides is 1. The van der Waals surface area contributed by atoms with Crippen LogP contribution in [0.4, 0.5) is 5.69 Å². The molecule has 3 rings (SSSR count). The van der Waals surface area contributed by atoms with Gasteiger partial charge in [0.15, 0.2) is 5.78 Å². The summed E-state index contributed by atoms with van der Waals surface area (Å²) in [6, 6.07) is 18.8. The maximum atomic E-state index is 12.9. The summed E-state index contributed by atoms with van der Waals surface area (Å²) in [5.74, 6) is -0.385. The number of hydrogen-bond donors (Lipinski definition) is 2. The van der Waals surface area contributed by atoms with Crippen molar-refractivity contribution in [2.75, 3.05) is 5.32 Å².